The highest BCUT2D eigenvalue weighted by molar-refractivity contribution is 7.92. The molecule has 2 aliphatic rings. The van der Waals surface area contributed by atoms with Crippen molar-refractivity contribution in [3.8, 4) is 0 Å². The number of nitrogens with one attached hydrogen (secondary N) is 1. The number of carbonyl (C=O) groups is 1. The molecule has 1 N–H and O–H groups in total. The fraction of sp³-hybridized carbons (Fsp3) is 0.152. The van der Waals surface area contributed by atoms with Crippen molar-refractivity contribution in [2.45, 2.75) is 30.2 Å². The summed E-state index contributed by atoms with van der Waals surface area (Å²) in [5.41, 5.74) is 2.61. The first-order chi connectivity index (χ1) is 22.5. The fourth-order valence-electron chi connectivity index (χ4n) is 5.91. The van der Waals surface area contributed by atoms with Crippen LogP contribution in [0.1, 0.15) is 46.8 Å². The van der Waals surface area contributed by atoms with Crippen LogP contribution in [0.3, 0.4) is 0 Å². The van der Waals surface area contributed by atoms with Crippen LogP contribution in [0.2, 0.25) is 5.02 Å². The van der Waals surface area contributed by atoms with E-state index in [-0.39, 0.29) is 33.4 Å². The van der Waals surface area contributed by atoms with Gasteiger partial charge in [-0.05, 0) is 84.5 Å². The summed E-state index contributed by atoms with van der Waals surface area (Å²) in [6.45, 7) is 0. The van der Waals surface area contributed by atoms with Crippen molar-refractivity contribution in [3.63, 3.8) is 0 Å². The van der Waals surface area contributed by atoms with Crippen LogP contribution in [-0.2, 0) is 10.0 Å². The minimum Gasteiger partial charge on any atom is -0.280 e. The third kappa shape index (κ3) is 6.62. The molecule has 6 rings (SSSR count). The summed E-state index contributed by atoms with van der Waals surface area (Å²) >= 11 is 5.92. The highest BCUT2D eigenvalue weighted by atomic mass is 35.5. The van der Waals surface area contributed by atoms with Crippen molar-refractivity contribution in [1.82, 2.24) is 5.01 Å². The number of carbonyl (C=O) groups excluding carboxylic acids is 1. The van der Waals surface area contributed by atoms with Crippen LogP contribution in [0.5, 0.6) is 0 Å². The van der Waals surface area contributed by atoms with E-state index >= 15 is 0 Å². The molecule has 0 aromatic heterocycles. The minimum atomic E-state index is -4.09. The van der Waals surface area contributed by atoms with Gasteiger partial charge >= 0.3 is 0 Å². The predicted molar refractivity (Wildman–Crippen MR) is 177 cm³/mol. The smallest absolute Gasteiger partial charge is 0.274 e. The number of amides is 1. The van der Waals surface area contributed by atoms with E-state index in [1.807, 2.05) is 6.08 Å². The maximum Gasteiger partial charge on any atom is 0.274 e. The molecule has 1 amide bonds. The molecule has 1 heterocycles. The van der Waals surface area contributed by atoms with Gasteiger partial charge in [-0.25, -0.2) is 13.4 Å². The zero-order valence-electron chi connectivity index (χ0n) is 24.5. The molecule has 0 saturated heterocycles. The van der Waals surface area contributed by atoms with Gasteiger partial charge in [-0.2, -0.15) is 5.10 Å². The average Bonchev–Trinajstić information content (AvgIpc) is 3.46. The average molecular weight is 672 g/mol. The van der Waals surface area contributed by atoms with Crippen molar-refractivity contribution in [2.24, 2.45) is 11.0 Å². The first-order valence-corrected chi connectivity index (χ1v) is 16.4. The van der Waals surface area contributed by atoms with Crippen LogP contribution in [0, 0.1) is 26.1 Å². The molecule has 2 atom stereocenters. The number of nitro benzene ring substituents is 2. The third-order valence-corrected chi connectivity index (χ3v) is 9.67. The molecule has 4 aromatic rings. The highest BCUT2D eigenvalue weighted by Crippen LogP contribution is 2.45. The van der Waals surface area contributed by atoms with Gasteiger partial charge in [0.1, 0.15) is 0 Å². The maximum absolute atomic E-state index is 14.2. The predicted octanol–water partition coefficient (Wildman–Crippen LogP) is 7.39. The summed E-state index contributed by atoms with van der Waals surface area (Å²) < 4.78 is 29.0. The molecule has 1 aliphatic heterocycles. The number of rotatable bonds is 8. The molecular weight excluding hydrogens is 646 g/mol. The van der Waals surface area contributed by atoms with Crippen LogP contribution in [0.4, 0.5) is 17.1 Å². The molecule has 12 nitrogen and oxygen atoms in total. The Morgan fingerprint density at radius 3 is 2.32 bits per heavy atom. The van der Waals surface area contributed by atoms with Gasteiger partial charge in [0, 0.05) is 46.5 Å². The number of allylic oxidation sites excluding steroid dienone is 1. The van der Waals surface area contributed by atoms with Crippen molar-refractivity contribution in [3.05, 3.63) is 145 Å². The molecule has 0 unspecified atom stereocenters. The minimum absolute atomic E-state index is 0.0478. The van der Waals surface area contributed by atoms with Gasteiger partial charge in [-0.1, -0.05) is 41.9 Å². The van der Waals surface area contributed by atoms with Gasteiger partial charge in [0.25, 0.3) is 27.3 Å². The van der Waals surface area contributed by atoms with Gasteiger partial charge in [-0.15, -0.1) is 0 Å². The Kier molecular flexibility index (Phi) is 8.58. The molecular formula is C33H26ClN5O7S. The van der Waals surface area contributed by atoms with Gasteiger partial charge in [0.15, 0.2) is 0 Å². The lowest BCUT2D eigenvalue weighted by Gasteiger charge is -2.29. The lowest BCUT2D eigenvalue weighted by Crippen LogP contribution is -2.32. The largest absolute Gasteiger partial charge is 0.280 e. The molecule has 4 aromatic carbocycles. The number of nitro groups is 2. The number of non-ortho nitro benzene ring substituents is 2. The summed E-state index contributed by atoms with van der Waals surface area (Å²) in [5, 5.41) is 29.5. The SMILES string of the molecule is O=C(c1cccc(S(=O)(=O)Nc2ccc(Cl)cc2)c1)N1N=C2/C(=C/c3cccc([N+](=O)[O-])c3)CCC[C@@H]2[C@H]1c1cccc([N+](=O)[O-])c1. The molecule has 14 heteroatoms. The van der Waals surface area contributed by atoms with E-state index in [0.717, 1.165) is 12.0 Å². The van der Waals surface area contributed by atoms with E-state index in [1.165, 1.54) is 65.7 Å². The maximum atomic E-state index is 14.2. The fourth-order valence-corrected chi connectivity index (χ4v) is 7.14. The molecule has 0 bridgehead atoms. The normalized spacial score (nSPS) is 18.4. The van der Waals surface area contributed by atoms with E-state index < -0.39 is 31.8 Å². The number of hydrogen-bond donors (Lipinski definition) is 1. The summed E-state index contributed by atoms with van der Waals surface area (Å²) in [6.07, 6.45) is 3.77. The Morgan fingerprint density at radius 2 is 1.60 bits per heavy atom. The Bertz CT molecular complexity index is 2080. The Hall–Kier alpha value is -5.40. The Morgan fingerprint density at radius 1 is 0.915 bits per heavy atom. The zero-order valence-corrected chi connectivity index (χ0v) is 26.1. The van der Waals surface area contributed by atoms with Gasteiger partial charge in [0.2, 0.25) is 0 Å². The van der Waals surface area contributed by atoms with E-state index in [0.29, 0.717) is 34.7 Å². The Labute approximate surface area is 274 Å². The first-order valence-electron chi connectivity index (χ1n) is 14.5. The van der Waals surface area contributed by atoms with E-state index in [1.54, 1.807) is 36.4 Å². The number of fused-ring (bicyclic) bond motifs is 1. The second-order valence-corrected chi connectivity index (χ2v) is 13.2. The molecule has 0 radical (unpaired) electrons. The van der Waals surface area contributed by atoms with E-state index in [4.69, 9.17) is 16.7 Å². The summed E-state index contributed by atoms with van der Waals surface area (Å²) in [4.78, 5) is 36.1. The van der Waals surface area contributed by atoms with Crippen LogP contribution < -0.4 is 4.72 Å². The van der Waals surface area contributed by atoms with E-state index in [2.05, 4.69) is 4.72 Å². The number of sulfonamides is 1. The molecule has 1 saturated carbocycles. The monoisotopic (exact) mass is 671 g/mol. The van der Waals surface area contributed by atoms with Crippen LogP contribution in [-0.4, -0.2) is 34.9 Å². The van der Waals surface area contributed by atoms with Crippen molar-refractivity contribution in [1.29, 1.82) is 0 Å². The highest BCUT2D eigenvalue weighted by Gasteiger charge is 2.44. The summed E-state index contributed by atoms with van der Waals surface area (Å²) in [5.74, 6) is -0.931. The number of benzene rings is 4. The van der Waals surface area contributed by atoms with Gasteiger partial charge in [-0.3, -0.25) is 29.7 Å². The van der Waals surface area contributed by atoms with Crippen LogP contribution in [0.25, 0.3) is 6.08 Å². The topological polar surface area (TPSA) is 165 Å². The number of anilines is 1. The summed E-state index contributed by atoms with van der Waals surface area (Å²) in [7, 11) is -4.09. The first kappa shape index (κ1) is 31.6. The quantitative estimate of drug-likeness (QED) is 0.151. The molecule has 1 fully saturated rings. The second-order valence-electron chi connectivity index (χ2n) is 11.1. The third-order valence-electron chi connectivity index (χ3n) is 8.04. The van der Waals surface area contributed by atoms with Crippen LogP contribution in [0.15, 0.2) is 113 Å². The standard InChI is InChI=1S/C33H26ClN5O7S/c34-25-13-15-26(16-14-25)36-47(45,46)29-11-3-8-24(20-29)33(40)37-32(23-7-2-10-28(19-23)39(43)44)30-12-4-6-22(31(30)35-37)17-21-5-1-9-27(18-21)38(41)42/h1-3,5,7-11,13-20,30,32,36H,4,6,12H2/b22-17+/t30-,32+/m0/s1. The van der Waals surface area contributed by atoms with Crippen molar-refractivity contribution >= 4 is 56.4 Å². The molecule has 0 spiro atoms. The number of hydrazone groups is 1. The lowest BCUT2D eigenvalue weighted by molar-refractivity contribution is -0.385. The van der Waals surface area contributed by atoms with Crippen LogP contribution >= 0.6 is 11.6 Å². The zero-order chi connectivity index (χ0) is 33.3. The lowest BCUT2D eigenvalue weighted by atomic mass is 9.77. The van der Waals surface area contributed by atoms with Gasteiger partial charge < -0.3 is 0 Å². The number of nitrogens with zero attached hydrogens (tertiary/aromatic N) is 4. The van der Waals surface area contributed by atoms with Crippen molar-refractivity contribution in [2.75, 3.05) is 4.72 Å². The molecule has 47 heavy (non-hydrogen) atoms. The Balaban J connectivity index is 1.40. The number of halogens is 1. The van der Waals surface area contributed by atoms with E-state index in [9.17, 15) is 33.4 Å². The van der Waals surface area contributed by atoms with Gasteiger partial charge in [0.05, 0.1) is 26.5 Å². The number of hydrogen-bond acceptors (Lipinski definition) is 8. The van der Waals surface area contributed by atoms with Crippen molar-refractivity contribution < 1.29 is 23.1 Å². The summed E-state index contributed by atoms with van der Waals surface area (Å²) in [6, 6.07) is 23.2. The molecule has 238 valence electrons. The second kappa shape index (κ2) is 12.8. The molecule has 1 aliphatic carbocycles.